The zero-order valence-electron chi connectivity index (χ0n) is 24.4. The molecule has 0 aliphatic heterocycles. The third-order valence-corrected chi connectivity index (χ3v) is 6.24. The molecule has 0 spiro atoms. The van der Waals surface area contributed by atoms with E-state index in [9.17, 15) is 19.2 Å². The normalized spacial score (nSPS) is 13.6. The van der Waals surface area contributed by atoms with Gasteiger partial charge in [0.2, 0.25) is 23.6 Å². The molecule has 0 unspecified atom stereocenters. The molecular weight excluding hydrogens is 542 g/mol. The first kappa shape index (κ1) is 35.6. The smallest absolute Gasteiger partial charge is 0.243 e. The van der Waals surface area contributed by atoms with E-state index in [0.717, 1.165) is 5.56 Å². The molecule has 15 nitrogen and oxygen atoms in total. The summed E-state index contributed by atoms with van der Waals surface area (Å²) in [7, 11) is 0. The van der Waals surface area contributed by atoms with Gasteiger partial charge in [0, 0.05) is 13.1 Å². The van der Waals surface area contributed by atoms with Gasteiger partial charge < -0.3 is 49.5 Å². The minimum Gasteiger partial charge on any atom is -0.370 e. The lowest BCUT2D eigenvalue weighted by atomic mass is 10.0. The lowest BCUT2D eigenvalue weighted by molar-refractivity contribution is -0.134. The molecule has 0 fully saturated rings. The van der Waals surface area contributed by atoms with Gasteiger partial charge in [-0.2, -0.15) is 0 Å². The van der Waals surface area contributed by atoms with Crippen LogP contribution >= 0.6 is 0 Å². The van der Waals surface area contributed by atoms with Crippen LogP contribution in [0.15, 0.2) is 30.3 Å². The van der Waals surface area contributed by atoms with Crippen LogP contribution in [0.4, 0.5) is 0 Å². The Hall–Kier alpha value is -4.40. The number of carbonyl (C=O) groups is 4. The Balaban J connectivity index is 2.98. The lowest BCUT2D eigenvalue weighted by Crippen LogP contribution is -2.58. The molecule has 0 aliphatic carbocycles. The summed E-state index contributed by atoms with van der Waals surface area (Å²) in [5, 5.41) is 27.8. The van der Waals surface area contributed by atoms with Crippen LogP contribution in [0.25, 0.3) is 0 Å². The van der Waals surface area contributed by atoms with E-state index in [0.29, 0.717) is 25.8 Å². The number of hydrogen-bond donors (Lipinski definition) is 11. The highest BCUT2D eigenvalue weighted by Crippen LogP contribution is 2.09. The highest BCUT2D eigenvalue weighted by atomic mass is 16.2. The summed E-state index contributed by atoms with van der Waals surface area (Å²) in [6, 6.07) is 5.31. The fourth-order valence-electron chi connectivity index (χ4n) is 4.10. The summed E-state index contributed by atoms with van der Waals surface area (Å²) >= 11 is 0. The largest absolute Gasteiger partial charge is 0.370 e. The third kappa shape index (κ3) is 14.8. The summed E-state index contributed by atoms with van der Waals surface area (Å²) in [5.74, 6) is -2.90. The quantitative estimate of drug-likeness (QED) is 0.0486. The molecule has 1 rings (SSSR count). The van der Waals surface area contributed by atoms with Crippen molar-refractivity contribution >= 4 is 35.5 Å². The minimum atomic E-state index is -1.08. The van der Waals surface area contributed by atoms with Gasteiger partial charge in [0.15, 0.2) is 11.9 Å². The third-order valence-electron chi connectivity index (χ3n) is 6.24. The predicted molar refractivity (Wildman–Crippen MR) is 161 cm³/mol. The maximum atomic E-state index is 13.4. The summed E-state index contributed by atoms with van der Waals surface area (Å²) in [5.41, 5.74) is 23.1. The van der Waals surface area contributed by atoms with Crippen molar-refractivity contribution in [2.45, 2.75) is 76.5 Å². The first-order chi connectivity index (χ1) is 19.8. The van der Waals surface area contributed by atoms with Crippen molar-refractivity contribution in [2.24, 2.45) is 28.9 Å². The van der Waals surface area contributed by atoms with E-state index in [4.69, 9.17) is 33.8 Å². The fraction of sp³-hybridized carbons (Fsp3) is 0.556. The summed E-state index contributed by atoms with van der Waals surface area (Å²) < 4.78 is 0. The molecule has 1 aromatic carbocycles. The Morgan fingerprint density at radius 3 is 1.71 bits per heavy atom. The Bertz CT molecular complexity index is 1050. The van der Waals surface area contributed by atoms with Crippen LogP contribution in [0.2, 0.25) is 0 Å². The molecule has 15 heteroatoms. The Morgan fingerprint density at radius 2 is 1.21 bits per heavy atom. The Morgan fingerprint density at radius 1 is 0.738 bits per heavy atom. The molecule has 0 heterocycles. The number of amides is 4. The van der Waals surface area contributed by atoms with E-state index >= 15 is 0 Å². The van der Waals surface area contributed by atoms with Crippen LogP contribution in [0.1, 0.15) is 51.5 Å². The van der Waals surface area contributed by atoms with E-state index in [1.807, 2.05) is 44.2 Å². The summed E-state index contributed by atoms with van der Waals surface area (Å²) in [6.07, 6.45) is 1.64. The van der Waals surface area contributed by atoms with Gasteiger partial charge in [0.25, 0.3) is 0 Å². The molecular formula is C27H47N11O4. The van der Waals surface area contributed by atoms with Gasteiger partial charge in [-0.05, 0) is 50.0 Å². The number of primary amides is 1. The van der Waals surface area contributed by atoms with Gasteiger partial charge in [0.1, 0.15) is 18.1 Å². The average molecular weight is 590 g/mol. The van der Waals surface area contributed by atoms with Crippen molar-refractivity contribution in [1.82, 2.24) is 26.6 Å². The van der Waals surface area contributed by atoms with Gasteiger partial charge in [-0.1, -0.05) is 44.2 Å². The lowest BCUT2D eigenvalue weighted by Gasteiger charge is -2.26. The number of guanidine groups is 2. The van der Waals surface area contributed by atoms with Crippen molar-refractivity contribution in [3.05, 3.63) is 35.9 Å². The van der Waals surface area contributed by atoms with Crippen molar-refractivity contribution in [3.8, 4) is 0 Å². The minimum absolute atomic E-state index is 0.0290. The van der Waals surface area contributed by atoms with E-state index in [-0.39, 0.29) is 43.6 Å². The van der Waals surface area contributed by atoms with E-state index in [1.54, 1.807) is 0 Å². The number of hydrogen-bond acceptors (Lipinski definition) is 7. The maximum Gasteiger partial charge on any atom is 0.243 e. The monoisotopic (exact) mass is 589 g/mol. The highest BCUT2D eigenvalue weighted by Gasteiger charge is 2.30. The number of rotatable bonds is 19. The maximum absolute atomic E-state index is 13.4. The summed E-state index contributed by atoms with van der Waals surface area (Å²) in [6.45, 7) is 4.36. The first-order valence-corrected chi connectivity index (χ1v) is 14.0. The number of benzene rings is 1. The second kappa shape index (κ2) is 18.9. The molecule has 0 bridgehead atoms. The van der Waals surface area contributed by atoms with Crippen molar-refractivity contribution in [1.29, 1.82) is 10.8 Å². The first-order valence-electron chi connectivity index (χ1n) is 14.0. The molecule has 0 saturated carbocycles. The van der Waals surface area contributed by atoms with Crippen molar-refractivity contribution < 1.29 is 19.2 Å². The molecule has 1 aromatic rings. The SMILES string of the molecule is CC(C)C[C@H](NC(=O)[C@@H](N)Cc1ccccc1)C(=O)N[C@@H](CCCNC(=N)N)C(=O)N[C@H](CCCNC(=N)N)C(N)=O. The Kier molecular flexibility index (Phi) is 16.0. The van der Waals surface area contributed by atoms with E-state index in [2.05, 4.69) is 26.6 Å². The van der Waals surface area contributed by atoms with Gasteiger partial charge in [0.05, 0.1) is 6.04 Å². The highest BCUT2D eigenvalue weighted by molar-refractivity contribution is 5.94. The molecule has 0 saturated heterocycles. The van der Waals surface area contributed by atoms with Crippen LogP contribution in [-0.4, -0.2) is 72.8 Å². The molecule has 15 N–H and O–H groups in total. The molecule has 4 atom stereocenters. The van der Waals surface area contributed by atoms with Crippen LogP contribution in [0, 0.1) is 16.7 Å². The zero-order valence-corrected chi connectivity index (χ0v) is 24.4. The second-order valence-corrected chi connectivity index (χ2v) is 10.5. The van der Waals surface area contributed by atoms with E-state index in [1.165, 1.54) is 0 Å². The second-order valence-electron chi connectivity index (χ2n) is 10.5. The molecule has 0 aromatic heterocycles. The molecule has 42 heavy (non-hydrogen) atoms. The van der Waals surface area contributed by atoms with Gasteiger partial charge >= 0.3 is 0 Å². The molecule has 0 radical (unpaired) electrons. The van der Waals surface area contributed by atoms with Gasteiger partial charge in [-0.25, -0.2) is 0 Å². The standard InChI is InChI=1S/C27H47N11O4/c1-16(2)14-21(38-23(40)18(28)15-17-8-4-3-5-9-17)25(42)37-20(11-7-13-35-27(32)33)24(41)36-19(22(29)39)10-6-12-34-26(30)31/h3-5,8-9,16,18-21H,6-7,10-15,28H2,1-2H3,(H2,29,39)(H,36,41)(H,37,42)(H,38,40)(H4,30,31,34)(H4,32,33,35)/t18-,19+,20-,21-/m0/s1. The van der Waals surface area contributed by atoms with Gasteiger partial charge in [-0.3, -0.25) is 30.0 Å². The number of nitrogens with two attached hydrogens (primary N) is 4. The number of carbonyl (C=O) groups excluding carboxylic acids is 4. The van der Waals surface area contributed by atoms with Crippen LogP contribution < -0.4 is 49.5 Å². The molecule has 234 valence electrons. The topological polar surface area (TPSA) is 280 Å². The van der Waals surface area contributed by atoms with Crippen LogP contribution in [0.3, 0.4) is 0 Å². The van der Waals surface area contributed by atoms with Crippen molar-refractivity contribution in [2.75, 3.05) is 13.1 Å². The molecule has 0 aliphatic rings. The molecule has 4 amide bonds. The van der Waals surface area contributed by atoms with Crippen molar-refractivity contribution in [3.63, 3.8) is 0 Å². The number of nitrogens with one attached hydrogen (secondary N) is 7. The van der Waals surface area contributed by atoms with Crippen LogP contribution in [-0.2, 0) is 25.6 Å². The van der Waals surface area contributed by atoms with Crippen LogP contribution in [0.5, 0.6) is 0 Å². The average Bonchev–Trinajstić information content (AvgIpc) is 2.91. The predicted octanol–water partition coefficient (Wildman–Crippen LogP) is -1.93. The van der Waals surface area contributed by atoms with E-state index < -0.39 is 47.8 Å². The zero-order chi connectivity index (χ0) is 31.7. The summed E-state index contributed by atoms with van der Waals surface area (Å²) in [4.78, 5) is 51.6. The fourth-order valence-corrected chi connectivity index (χ4v) is 4.10. The Labute approximate surface area is 246 Å². The van der Waals surface area contributed by atoms with Gasteiger partial charge in [-0.15, -0.1) is 0 Å².